The molecule has 0 bridgehead atoms. The second kappa shape index (κ2) is 8.52. The number of nitrogens with one attached hydrogen (secondary N) is 1. The maximum atomic E-state index is 11.8. The van der Waals surface area contributed by atoms with Crippen molar-refractivity contribution in [3.05, 3.63) is 46.8 Å². The second-order valence-electron chi connectivity index (χ2n) is 6.28. The topological polar surface area (TPSA) is 56.1 Å². The molecule has 2 rings (SSSR count). The summed E-state index contributed by atoms with van der Waals surface area (Å²) in [6.45, 7) is 7.48. The van der Waals surface area contributed by atoms with E-state index in [1.165, 1.54) is 16.7 Å². The molecule has 0 aliphatic rings. The number of rotatable bonds is 8. The highest BCUT2D eigenvalue weighted by Gasteiger charge is 2.05. The van der Waals surface area contributed by atoms with Crippen molar-refractivity contribution in [2.75, 3.05) is 13.2 Å². The first-order valence-corrected chi connectivity index (χ1v) is 8.40. The highest BCUT2D eigenvalue weighted by atomic mass is 16.5. The van der Waals surface area contributed by atoms with Crippen LogP contribution >= 0.6 is 0 Å². The number of aryl methyl sites for hydroxylation is 4. The van der Waals surface area contributed by atoms with Crippen molar-refractivity contribution in [2.24, 2.45) is 7.05 Å². The summed E-state index contributed by atoms with van der Waals surface area (Å²) in [5, 5.41) is 7.03. The van der Waals surface area contributed by atoms with E-state index in [2.05, 4.69) is 43.3 Å². The Labute approximate surface area is 144 Å². The summed E-state index contributed by atoms with van der Waals surface area (Å²) in [5.41, 5.74) is 4.72. The van der Waals surface area contributed by atoms with E-state index in [1.807, 2.05) is 13.2 Å². The minimum Gasteiger partial charge on any atom is -0.493 e. The molecule has 1 heterocycles. The zero-order valence-corrected chi connectivity index (χ0v) is 15.1. The van der Waals surface area contributed by atoms with Crippen molar-refractivity contribution in [3.8, 4) is 5.75 Å². The molecule has 0 saturated heterocycles. The van der Waals surface area contributed by atoms with Crippen molar-refractivity contribution < 1.29 is 9.53 Å². The van der Waals surface area contributed by atoms with E-state index in [4.69, 9.17) is 4.74 Å². The van der Waals surface area contributed by atoms with Crippen LogP contribution in [0.25, 0.3) is 0 Å². The van der Waals surface area contributed by atoms with Crippen LogP contribution in [0.3, 0.4) is 0 Å². The van der Waals surface area contributed by atoms with Crippen LogP contribution in [0.4, 0.5) is 0 Å². The first-order chi connectivity index (χ1) is 11.5. The Morgan fingerprint density at radius 1 is 1.29 bits per heavy atom. The second-order valence-corrected chi connectivity index (χ2v) is 6.28. The van der Waals surface area contributed by atoms with Gasteiger partial charge in [-0.05, 0) is 61.9 Å². The molecule has 0 unspecified atom stereocenters. The van der Waals surface area contributed by atoms with Gasteiger partial charge in [-0.2, -0.15) is 5.10 Å². The first-order valence-electron chi connectivity index (χ1n) is 8.40. The quantitative estimate of drug-likeness (QED) is 0.758. The fourth-order valence-corrected chi connectivity index (χ4v) is 2.58. The Morgan fingerprint density at radius 2 is 2.08 bits per heavy atom. The van der Waals surface area contributed by atoms with Gasteiger partial charge in [0, 0.05) is 26.2 Å². The predicted octanol–water partition coefficient (Wildman–Crippen LogP) is 2.86. The number of ether oxygens (including phenoxy) is 1. The van der Waals surface area contributed by atoms with Crippen molar-refractivity contribution in [1.29, 1.82) is 0 Å². The molecule has 5 heteroatoms. The largest absolute Gasteiger partial charge is 0.493 e. The average molecular weight is 329 g/mol. The molecule has 0 saturated carbocycles. The third-order valence-corrected chi connectivity index (χ3v) is 4.06. The summed E-state index contributed by atoms with van der Waals surface area (Å²) in [4.78, 5) is 11.8. The van der Waals surface area contributed by atoms with E-state index in [0.29, 0.717) is 19.6 Å². The van der Waals surface area contributed by atoms with Gasteiger partial charge in [0.15, 0.2) is 0 Å². The number of carbonyl (C=O) groups excluding carboxylic acids is 1. The van der Waals surface area contributed by atoms with Gasteiger partial charge in [0.25, 0.3) is 0 Å². The fourth-order valence-electron chi connectivity index (χ4n) is 2.58. The van der Waals surface area contributed by atoms with E-state index in [0.717, 1.165) is 24.2 Å². The van der Waals surface area contributed by atoms with Crippen LogP contribution in [0.15, 0.2) is 24.5 Å². The number of hydrogen-bond acceptors (Lipinski definition) is 3. The van der Waals surface area contributed by atoms with Gasteiger partial charge in [-0.15, -0.1) is 0 Å². The highest BCUT2D eigenvalue weighted by Crippen LogP contribution is 2.23. The lowest BCUT2D eigenvalue weighted by molar-refractivity contribution is -0.121. The van der Waals surface area contributed by atoms with E-state index in [9.17, 15) is 4.79 Å². The molecule has 130 valence electrons. The molecular weight excluding hydrogens is 302 g/mol. The maximum Gasteiger partial charge on any atom is 0.220 e. The minimum atomic E-state index is 0.0708. The number of hydrogen-bond donors (Lipinski definition) is 1. The minimum absolute atomic E-state index is 0.0708. The Morgan fingerprint density at radius 3 is 2.79 bits per heavy atom. The third-order valence-electron chi connectivity index (χ3n) is 4.06. The smallest absolute Gasteiger partial charge is 0.220 e. The fraction of sp³-hybridized carbons (Fsp3) is 0.474. The molecule has 1 N–H and O–H groups in total. The lowest BCUT2D eigenvalue weighted by atomic mass is 10.1. The summed E-state index contributed by atoms with van der Waals surface area (Å²) < 4.78 is 7.60. The molecule has 0 radical (unpaired) electrons. The van der Waals surface area contributed by atoms with Gasteiger partial charge < -0.3 is 10.1 Å². The van der Waals surface area contributed by atoms with Gasteiger partial charge >= 0.3 is 0 Å². The number of aromatic nitrogens is 2. The van der Waals surface area contributed by atoms with E-state index in [-0.39, 0.29) is 5.91 Å². The molecule has 0 aliphatic carbocycles. The third kappa shape index (κ3) is 5.41. The number of benzene rings is 1. The van der Waals surface area contributed by atoms with Crippen LogP contribution in [-0.2, 0) is 18.3 Å². The molecule has 1 amide bonds. The summed E-state index contributed by atoms with van der Waals surface area (Å²) in [5.74, 6) is 1.01. The van der Waals surface area contributed by atoms with Crippen LogP contribution < -0.4 is 10.1 Å². The molecule has 0 aliphatic heterocycles. The Balaban J connectivity index is 1.63. The van der Waals surface area contributed by atoms with Crippen LogP contribution in [0, 0.1) is 20.8 Å². The predicted molar refractivity (Wildman–Crippen MR) is 95.3 cm³/mol. The van der Waals surface area contributed by atoms with Gasteiger partial charge in [-0.1, -0.05) is 6.07 Å². The zero-order chi connectivity index (χ0) is 17.5. The van der Waals surface area contributed by atoms with Gasteiger partial charge in [0.1, 0.15) is 5.75 Å². The molecule has 0 atom stereocenters. The van der Waals surface area contributed by atoms with E-state index < -0.39 is 0 Å². The van der Waals surface area contributed by atoms with Crippen LogP contribution in [0.5, 0.6) is 5.75 Å². The van der Waals surface area contributed by atoms with Gasteiger partial charge in [0.2, 0.25) is 5.91 Å². The lowest BCUT2D eigenvalue weighted by Crippen LogP contribution is -2.25. The standard InChI is InChI=1S/C19H27N3O2/c1-14-10-15(2)16(3)18(11-14)24-9-5-8-20-19(23)7-6-17-12-21-22(4)13-17/h10-13H,5-9H2,1-4H3,(H,20,23). The average Bonchev–Trinajstić information content (AvgIpc) is 2.95. The molecule has 1 aromatic carbocycles. The summed E-state index contributed by atoms with van der Waals surface area (Å²) in [6.07, 6.45) is 5.74. The molecule has 0 fully saturated rings. The van der Waals surface area contributed by atoms with Crippen molar-refractivity contribution in [3.63, 3.8) is 0 Å². The summed E-state index contributed by atoms with van der Waals surface area (Å²) in [7, 11) is 1.88. The van der Waals surface area contributed by atoms with Gasteiger partial charge in [-0.25, -0.2) is 0 Å². The maximum absolute atomic E-state index is 11.8. The summed E-state index contributed by atoms with van der Waals surface area (Å²) >= 11 is 0. The molecule has 5 nitrogen and oxygen atoms in total. The first kappa shape index (κ1) is 18.0. The number of nitrogens with zero attached hydrogens (tertiary/aromatic N) is 2. The lowest BCUT2D eigenvalue weighted by Gasteiger charge is -2.12. The van der Waals surface area contributed by atoms with E-state index in [1.54, 1.807) is 10.9 Å². The zero-order valence-electron chi connectivity index (χ0n) is 15.1. The number of amides is 1. The molecule has 24 heavy (non-hydrogen) atoms. The van der Waals surface area contributed by atoms with Crippen LogP contribution in [0.2, 0.25) is 0 Å². The van der Waals surface area contributed by atoms with E-state index >= 15 is 0 Å². The number of carbonyl (C=O) groups is 1. The van der Waals surface area contributed by atoms with Crippen molar-refractivity contribution in [2.45, 2.75) is 40.0 Å². The van der Waals surface area contributed by atoms with Gasteiger partial charge in [-0.3, -0.25) is 9.48 Å². The summed E-state index contributed by atoms with van der Waals surface area (Å²) in [6, 6.07) is 4.22. The Bertz CT molecular complexity index is 692. The van der Waals surface area contributed by atoms with Crippen LogP contribution in [-0.4, -0.2) is 28.8 Å². The monoisotopic (exact) mass is 329 g/mol. The highest BCUT2D eigenvalue weighted by molar-refractivity contribution is 5.76. The molecule has 2 aromatic rings. The van der Waals surface area contributed by atoms with Crippen molar-refractivity contribution in [1.82, 2.24) is 15.1 Å². The Kier molecular flexibility index (Phi) is 6.41. The molecule has 1 aromatic heterocycles. The normalized spacial score (nSPS) is 10.7. The van der Waals surface area contributed by atoms with Crippen molar-refractivity contribution >= 4 is 5.91 Å². The Hall–Kier alpha value is -2.30. The molecular formula is C19H27N3O2. The van der Waals surface area contributed by atoms with Gasteiger partial charge in [0.05, 0.1) is 12.8 Å². The molecule has 0 spiro atoms. The van der Waals surface area contributed by atoms with Crippen LogP contribution in [0.1, 0.15) is 35.1 Å². The SMILES string of the molecule is Cc1cc(C)c(C)c(OCCCNC(=O)CCc2cnn(C)c2)c1.